The molecule has 7 heteroatoms. The van der Waals surface area contributed by atoms with Crippen LogP contribution in [0.1, 0.15) is 22.6 Å². The molecule has 1 amide bonds. The SMILES string of the molecule is O=C(Nc1ccc(C(C(=O)O)c2ccccc2)cc1)C1C=C(c2cccnc2)NO1. The number of carbonyl (C=O) groups is 2. The van der Waals surface area contributed by atoms with Crippen LogP contribution in [0.2, 0.25) is 0 Å². The molecule has 3 aromatic rings. The molecule has 2 unspecified atom stereocenters. The van der Waals surface area contributed by atoms with Crippen molar-refractivity contribution in [2.24, 2.45) is 0 Å². The van der Waals surface area contributed by atoms with E-state index < -0.39 is 18.0 Å². The summed E-state index contributed by atoms with van der Waals surface area (Å²) in [7, 11) is 0. The van der Waals surface area contributed by atoms with Gasteiger partial charge in [-0.15, -0.1) is 0 Å². The number of nitrogens with zero attached hydrogens (tertiary/aromatic N) is 1. The van der Waals surface area contributed by atoms with E-state index >= 15 is 0 Å². The quantitative estimate of drug-likeness (QED) is 0.587. The number of aromatic nitrogens is 1. The van der Waals surface area contributed by atoms with E-state index in [9.17, 15) is 14.7 Å². The average molecular weight is 401 g/mol. The molecule has 0 saturated heterocycles. The normalized spacial score (nSPS) is 16.3. The van der Waals surface area contributed by atoms with Crippen molar-refractivity contribution in [1.82, 2.24) is 10.5 Å². The molecule has 2 heterocycles. The number of amides is 1. The zero-order valence-corrected chi connectivity index (χ0v) is 15.9. The standard InChI is InChI=1S/C23H19N3O4/c27-22(20-13-19(26-30-20)17-7-4-12-24-14-17)25-18-10-8-16(9-11-18)21(23(28)29)15-5-2-1-3-6-15/h1-14,20-21,26H,(H,25,27)(H,28,29). The Bertz CT molecular complexity index is 1070. The van der Waals surface area contributed by atoms with Crippen molar-refractivity contribution in [3.8, 4) is 0 Å². The van der Waals surface area contributed by atoms with Crippen LogP contribution < -0.4 is 10.8 Å². The van der Waals surface area contributed by atoms with Gasteiger partial charge in [0.2, 0.25) is 0 Å². The van der Waals surface area contributed by atoms with E-state index in [-0.39, 0.29) is 5.91 Å². The van der Waals surface area contributed by atoms with Gasteiger partial charge in [-0.3, -0.25) is 24.9 Å². The molecule has 1 aromatic heterocycles. The van der Waals surface area contributed by atoms with Crippen LogP contribution in [0.25, 0.3) is 5.70 Å². The number of carboxylic acid groups (broad SMARTS) is 1. The molecule has 30 heavy (non-hydrogen) atoms. The van der Waals surface area contributed by atoms with Crippen molar-refractivity contribution < 1.29 is 19.5 Å². The monoisotopic (exact) mass is 401 g/mol. The summed E-state index contributed by atoms with van der Waals surface area (Å²) in [6.45, 7) is 0. The molecule has 0 spiro atoms. The van der Waals surface area contributed by atoms with Crippen molar-refractivity contribution in [2.45, 2.75) is 12.0 Å². The first-order valence-corrected chi connectivity index (χ1v) is 9.34. The van der Waals surface area contributed by atoms with Crippen molar-refractivity contribution in [1.29, 1.82) is 0 Å². The van der Waals surface area contributed by atoms with Crippen LogP contribution in [-0.2, 0) is 14.4 Å². The van der Waals surface area contributed by atoms with Gasteiger partial charge in [-0.2, -0.15) is 0 Å². The molecule has 1 aliphatic heterocycles. The Morgan fingerprint density at radius 3 is 2.40 bits per heavy atom. The number of benzene rings is 2. The number of pyridine rings is 1. The number of nitrogens with one attached hydrogen (secondary N) is 2. The van der Waals surface area contributed by atoms with Crippen LogP contribution in [0.5, 0.6) is 0 Å². The molecule has 150 valence electrons. The van der Waals surface area contributed by atoms with Crippen molar-refractivity contribution >= 4 is 23.3 Å². The van der Waals surface area contributed by atoms with Crippen LogP contribution in [-0.4, -0.2) is 28.1 Å². The summed E-state index contributed by atoms with van der Waals surface area (Å²) < 4.78 is 0. The molecule has 2 aromatic carbocycles. The van der Waals surface area contributed by atoms with Gasteiger partial charge in [-0.25, -0.2) is 0 Å². The fraction of sp³-hybridized carbons (Fsp3) is 0.0870. The molecule has 1 aliphatic rings. The summed E-state index contributed by atoms with van der Waals surface area (Å²) in [5.41, 5.74) is 6.10. The number of hydrogen-bond acceptors (Lipinski definition) is 5. The van der Waals surface area contributed by atoms with Crippen molar-refractivity contribution in [3.63, 3.8) is 0 Å². The summed E-state index contributed by atoms with van der Waals surface area (Å²) in [5.74, 6) is -2.05. The smallest absolute Gasteiger partial charge is 0.315 e. The zero-order chi connectivity index (χ0) is 20.9. The number of rotatable bonds is 6. The van der Waals surface area contributed by atoms with Gasteiger partial charge in [0.25, 0.3) is 5.91 Å². The molecule has 0 aliphatic carbocycles. The number of hydroxylamine groups is 1. The highest BCUT2D eigenvalue weighted by atomic mass is 16.7. The van der Waals surface area contributed by atoms with Crippen LogP contribution in [0, 0.1) is 0 Å². The van der Waals surface area contributed by atoms with E-state index in [0.29, 0.717) is 22.5 Å². The third kappa shape index (κ3) is 4.21. The van der Waals surface area contributed by atoms with Gasteiger partial charge in [0.1, 0.15) is 5.92 Å². The highest BCUT2D eigenvalue weighted by Gasteiger charge is 2.25. The van der Waals surface area contributed by atoms with Gasteiger partial charge < -0.3 is 10.4 Å². The first-order chi connectivity index (χ1) is 14.6. The Morgan fingerprint density at radius 1 is 1.00 bits per heavy atom. The van der Waals surface area contributed by atoms with E-state index in [0.717, 1.165) is 5.56 Å². The molecule has 4 rings (SSSR count). The van der Waals surface area contributed by atoms with Gasteiger partial charge in [-0.1, -0.05) is 42.5 Å². The van der Waals surface area contributed by atoms with Crippen molar-refractivity contribution in [3.05, 3.63) is 102 Å². The maximum atomic E-state index is 12.5. The largest absolute Gasteiger partial charge is 0.481 e. The third-order valence-electron chi connectivity index (χ3n) is 4.74. The molecule has 0 fully saturated rings. The molecule has 7 nitrogen and oxygen atoms in total. The lowest BCUT2D eigenvalue weighted by Gasteiger charge is -2.14. The summed E-state index contributed by atoms with van der Waals surface area (Å²) in [5, 5.41) is 12.4. The Hall–Kier alpha value is -3.97. The lowest BCUT2D eigenvalue weighted by atomic mass is 9.91. The van der Waals surface area contributed by atoms with Gasteiger partial charge in [0.15, 0.2) is 6.10 Å². The maximum absolute atomic E-state index is 12.5. The van der Waals surface area contributed by atoms with Crippen LogP contribution in [0.3, 0.4) is 0 Å². The fourth-order valence-electron chi connectivity index (χ4n) is 3.25. The predicted molar refractivity (Wildman–Crippen MR) is 111 cm³/mol. The Labute approximate surface area is 173 Å². The minimum Gasteiger partial charge on any atom is -0.481 e. The Morgan fingerprint density at radius 2 is 1.73 bits per heavy atom. The lowest BCUT2D eigenvalue weighted by Crippen LogP contribution is -2.28. The van der Waals surface area contributed by atoms with E-state index in [1.807, 2.05) is 24.3 Å². The second kappa shape index (κ2) is 8.59. The molecular formula is C23H19N3O4. The van der Waals surface area contributed by atoms with Crippen LogP contribution in [0.15, 0.2) is 85.2 Å². The molecule has 0 saturated carbocycles. The Balaban J connectivity index is 1.45. The number of carbonyl (C=O) groups excluding carboxylic acids is 1. The van der Waals surface area contributed by atoms with Crippen molar-refractivity contribution in [2.75, 3.05) is 5.32 Å². The van der Waals surface area contributed by atoms with Gasteiger partial charge >= 0.3 is 5.97 Å². The molecule has 3 N–H and O–H groups in total. The van der Waals surface area contributed by atoms with Crippen LogP contribution >= 0.6 is 0 Å². The second-order valence-electron chi connectivity index (χ2n) is 6.76. The third-order valence-corrected chi connectivity index (χ3v) is 4.74. The minimum atomic E-state index is -0.934. The molecular weight excluding hydrogens is 382 g/mol. The highest BCUT2D eigenvalue weighted by molar-refractivity contribution is 5.97. The van der Waals surface area contributed by atoms with E-state index in [2.05, 4.69) is 15.8 Å². The molecule has 2 atom stereocenters. The first-order valence-electron chi connectivity index (χ1n) is 9.34. The number of hydrogen-bond donors (Lipinski definition) is 3. The fourth-order valence-corrected chi connectivity index (χ4v) is 3.25. The van der Waals surface area contributed by atoms with Crippen LogP contribution in [0.4, 0.5) is 5.69 Å². The highest BCUT2D eigenvalue weighted by Crippen LogP contribution is 2.26. The summed E-state index contributed by atoms with van der Waals surface area (Å²) in [6, 6.07) is 19.4. The molecule has 0 radical (unpaired) electrons. The minimum absolute atomic E-state index is 0.341. The lowest BCUT2D eigenvalue weighted by molar-refractivity contribution is -0.137. The number of anilines is 1. The van der Waals surface area contributed by atoms with Gasteiger partial charge in [0, 0.05) is 23.6 Å². The summed E-state index contributed by atoms with van der Waals surface area (Å²) in [4.78, 5) is 33.7. The Kier molecular flexibility index (Phi) is 5.54. The predicted octanol–water partition coefficient (Wildman–Crippen LogP) is 3.18. The summed E-state index contributed by atoms with van der Waals surface area (Å²) in [6.07, 6.45) is 4.22. The summed E-state index contributed by atoms with van der Waals surface area (Å²) >= 11 is 0. The van der Waals surface area contributed by atoms with E-state index in [1.165, 1.54) is 0 Å². The first kappa shape index (κ1) is 19.4. The van der Waals surface area contributed by atoms with E-state index in [1.54, 1.807) is 60.9 Å². The van der Waals surface area contributed by atoms with E-state index in [4.69, 9.17) is 4.84 Å². The second-order valence-corrected chi connectivity index (χ2v) is 6.76. The number of aliphatic carboxylic acids is 1. The molecule has 0 bridgehead atoms. The zero-order valence-electron chi connectivity index (χ0n) is 15.9. The number of carboxylic acids is 1. The maximum Gasteiger partial charge on any atom is 0.315 e. The average Bonchev–Trinajstić information content (AvgIpc) is 3.27. The topological polar surface area (TPSA) is 101 Å². The van der Waals surface area contributed by atoms with Gasteiger partial charge in [-0.05, 0) is 41.5 Å². The van der Waals surface area contributed by atoms with Gasteiger partial charge in [0.05, 0.1) is 5.70 Å².